The van der Waals surface area contributed by atoms with Crippen LogP contribution in [0.15, 0.2) is 42.6 Å². The van der Waals surface area contributed by atoms with Crippen LogP contribution < -0.4 is 14.8 Å². The molecule has 7 heteroatoms. The van der Waals surface area contributed by atoms with E-state index in [0.717, 1.165) is 45.5 Å². The normalized spacial score (nSPS) is 10.8. The summed E-state index contributed by atoms with van der Waals surface area (Å²) in [6, 6.07) is 11.4. The number of ether oxygens (including phenoxy) is 2. The van der Waals surface area contributed by atoms with Crippen molar-refractivity contribution in [2.45, 2.75) is 13.0 Å². The molecule has 3 rings (SSSR count). The molecule has 0 fully saturated rings. The van der Waals surface area contributed by atoms with Crippen molar-refractivity contribution in [2.24, 2.45) is 0 Å². The molecule has 4 nitrogen and oxygen atoms in total. The van der Waals surface area contributed by atoms with Gasteiger partial charge < -0.3 is 14.8 Å². The second kappa shape index (κ2) is 9.42. The molecule has 142 valence electrons. The number of benzene rings is 2. The molecule has 0 bridgehead atoms. The quantitative estimate of drug-likeness (QED) is 0.488. The van der Waals surface area contributed by atoms with Crippen LogP contribution in [0.4, 0.5) is 0 Å². The van der Waals surface area contributed by atoms with E-state index in [2.05, 4.69) is 10.3 Å². The average Bonchev–Trinajstić information content (AvgIpc) is 3.14. The predicted octanol–water partition coefficient (Wildman–Crippen LogP) is 5.47. The lowest BCUT2D eigenvalue weighted by atomic mass is 10.1. The summed E-state index contributed by atoms with van der Waals surface area (Å²) in [5.41, 5.74) is 2.09. The molecule has 3 aromatic rings. The molecule has 2 aromatic carbocycles. The molecular formula is C20H20Cl2N2O2S. The van der Waals surface area contributed by atoms with Crippen molar-refractivity contribution in [1.82, 2.24) is 10.3 Å². The maximum Gasteiger partial charge on any atom is 0.131 e. The van der Waals surface area contributed by atoms with Gasteiger partial charge in [0.15, 0.2) is 0 Å². The Morgan fingerprint density at radius 1 is 1.07 bits per heavy atom. The highest BCUT2D eigenvalue weighted by Crippen LogP contribution is 2.36. The van der Waals surface area contributed by atoms with Crippen molar-refractivity contribution in [3.8, 4) is 21.9 Å². The van der Waals surface area contributed by atoms with Crippen molar-refractivity contribution in [1.29, 1.82) is 0 Å². The number of thiazole rings is 1. The van der Waals surface area contributed by atoms with Crippen LogP contribution in [-0.4, -0.2) is 25.7 Å². The molecule has 0 spiro atoms. The molecule has 0 saturated carbocycles. The van der Waals surface area contributed by atoms with Crippen molar-refractivity contribution >= 4 is 34.5 Å². The summed E-state index contributed by atoms with van der Waals surface area (Å²) in [5, 5.41) is 5.78. The molecule has 0 aliphatic heterocycles. The Labute approximate surface area is 173 Å². The molecule has 0 aliphatic rings. The highest BCUT2D eigenvalue weighted by Gasteiger charge is 2.11. The van der Waals surface area contributed by atoms with Crippen LogP contribution >= 0.6 is 34.5 Å². The zero-order valence-electron chi connectivity index (χ0n) is 15.1. The SMILES string of the molecule is COc1ccc(-c2cnc(CNCCc3ccc(Cl)cc3Cl)s2)c(OC)c1. The standard InChI is InChI=1S/C20H20Cl2N2O2S/c1-25-15-5-6-16(18(10-15)26-2)19-11-24-20(27-19)12-23-8-7-13-3-4-14(21)9-17(13)22/h3-6,9-11,23H,7-8,12H2,1-2H3. The summed E-state index contributed by atoms with van der Waals surface area (Å²) < 4.78 is 10.7. The predicted molar refractivity (Wildman–Crippen MR) is 113 cm³/mol. The van der Waals surface area contributed by atoms with E-state index in [1.165, 1.54) is 0 Å². The van der Waals surface area contributed by atoms with Crippen molar-refractivity contribution in [2.75, 3.05) is 20.8 Å². The van der Waals surface area contributed by atoms with Gasteiger partial charge in [-0.15, -0.1) is 11.3 Å². The van der Waals surface area contributed by atoms with E-state index in [-0.39, 0.29) is 0 Å². The second-order valence-electron chi connectivity index (χ2n) is 5.85. The summed E-state index contributed by atoms with van der Waals surface area (Å²) in [7, 11) is 3.30. The molecule has 0 radical (unpaired) electrons. The molecule has 0 atom stereocenters. The summed E-state index contributed by atoms with van der Waals surface area (Å²) in [4.78, 5) is 5.57. The van der Waals surface area contributed by atoms with Gasteiger partial charge in [-0.2, -0.15) is 0 Å². The summed E-state index contributed by atoms with van der Waals surface area (Å²) in [6.07, 6.45) is 2.71. The summed E-state index contributed by atoms with van der Waals surface area (Å²) in [6.45, 7) is 1.51. The van der Waals surface area contributed by atoms with Gasteiger partial charge in [-0.05, 0) is 42.8 Å². The molecule has 1 N–H and O–H groups in total. The van der Waals surface area contributed by atoms with E-state index < -0.39 is 0 Å². The number of halogens is 2. The minimum absolute atomic E-state index is 0.654. The number of aromatic nitrogens is 1. The lowest BCUT2D eigenvalue weighted by Gasteiger charge is -2.08. The number of nitrogens with zero attached hydrogens (tertiary/aromatic N) is 1. The first-order valence-electron chi connectivity index (χ1n) is 8.42. The Morgan fingerprint density at radius 2 is 1.93 bits per heavy atom. The fraction of sp³-hybridized carbons (Fsp3) is 0.250. The average molecular weight is 423 g/mol. The molecular weight excluding hydrogens is 403 g/mol. The first-order valence-corrected chi connectivity index (χ1v) is 9.99. The first-order chi connectivity index (χ1) is 13.1. The van der Waals surface area contributed by atoms with Gasteiger partial charge in [0, 0.05) is 34.4 Å². The smallest absolute Gasteiger partial charge is 0.131 e. The minimum atomic E-state index is 0.654. The topological polar surface area (TPSA) is 43.4 Å². The largest absolute Gasteiger partial charge is 0.497 e. The van der Waals surface area contributed by atoms with Crippen molar-refractivity contribution in [3.63, 3.8) is 0 Å². The Morgan fingerprint density at radius 3 is 2.67 bits per heavy atom. The number of nitrogens with one attached hydrogen (secondary N) is 1. The minimum Gasteiger partial charge on any atom is -0.497 e. The highest BCUT2D eigenvalue weighted by molar-refractivity contribution is 7.15. The van der Waals surface area contributed by atoms with Crippen LogP contribution in [0, 0.1) is 0 Å². The van der Waals surface area contributed by atoms with Gasteiger partial charge in [-0.3, -0.25) is 0 Å². The van der Waals surface area contributed by atoms with E-state index in [0.29, 0.717) is 16.6 Å². The third-order valence-corrected chi connectivity index (χ3v) is 5.71. The van der Waals surface area contributed by atoms with Crippen molar-refractivity contribution in [3.05, 3.63) is 63.2 Å². The third-order valence-electron chi connectivity index (χ3n) is 4.09. The Hall–Kier alpha value is -1.79. The fourth-order valence-corrected chi connectivity index (χ4v) is 4.08. The van der Waals surface area contributed by atoms with E-state index in [4.69, 9.17) is 32.7 Å². The van der Waals surface area contributed by atoms with E-state index in [1.807, 2.05) is 36.5 Å². The van der Waals surface area contributed by atoms with Gasteiger partial charge in [-0.25, -0.2) is 4.98 Å². The third kappa shape index (κ3) is 5.14. The maximum absolute atomic E-state index is 6.20. The van der Waals surface area contributed by atoms with Gasteiger partial charge in [0.25, 0.3) is 0 Å². The second-order valence-corrected chi connectivity index (χ2v) is 7.81. The Bertz CT molecular complexity index is 915. The molecule has 0 aliphatic carbocycles. The molecule has 0 unspecified atom stereocenters. The van der Waals surface area contributed by atoms with Crippen LogP contribution in [0.1, 0.15) is 10.6 Å². The number of hydrogen-bond donors (Lipinski definition) is 1. The Kier molecular flexibility index (Phi) is 6.96. The monoisotopic (exact) mass is 422 g/mol. The first kappa shape index (κ1) is 20.0. The zero-order valence-corrected chi connectivity index (χ0v) is 17.4. The van der Waals surface area contributed by atoms with Gasteiger partial charge in [0.1, 0.15) is 16.5 Å². The van der Waals surface area contributed by atoms with Crippen molar-refractivity contribution < 1.29 is 9.47 Å². The van der Waals surface area contributed by atoms with Crippen LogP contribution in [0.5, 0.6) is 11.5 Å². The lowest BCUT2D eigenvalue weighted by Crippen LogP contribution is -2.16. The zero-order chi connectivity index (χ0) is 19.2. The number of rotatable bonds is 8. The molecule has 1 heterocycles. The molecule has 0 amide bonds. The summed E-state index contributed by atoms with van der Waals surface area (Å²) >= 11 is 13.8. The Balaban J connectivity index is 1.58. The van der Waals surface area contributed by atoms with E-state index in [9.17, 15) is 0 Å². The molecule has 27 heavy (non-hydrogen) atoms. The van der Waals surface area contributed by atoms with Gasteiger partial charge in [0.2, 0.25) is 0 Å². The van der Waals surface area contributed by atoms with Crippen LogP contribution in [0.2, 0.25) is 10.0 Å². The fourth-order valence-electron chi connectivity index (χ4n) is 2.66. The van der Waals surface area contributed by atoms with Crippen LogP contribution in [0.3, 0.4) is 0 Å². The van der Waals surface area contributed by atoms with Crippen LogP contribution in [-0.2, 0) is 13.0 Å². The van der Waals surface area contributed by atoms with Crippen LogP contribution in [0.25, 0.3) is 10.4 Å². The van der Waals surface area contributed by atoms with E-state index >= 15 is 0 Å². The molecule has 0 saturated heterocycles. The van der Waals surface area contributed by atoms with Gasteiger partial charge in [-0.1, -0.05) is 29.3 Å². The highest BCUT2D eigenvalue weighted by atomic mass is 35.5. The maximum atomic E-state index is 6.20. The van der Waals surface area contributed by atoms with Gasteiger partial charge >= 0.3 is 0 Å². The molecule has 1 aromatic heterocycles. The van der Waals surface area contributed by atoms with E-state index in [1.54, 1.807) is 31.6 Å². The van der Waals surface area contributed by atoms with Gasteiger partial charge in [0.05, 0.1) is 19.1 Å². The lowest BCUT2D eigenvalue weighted by molar-refractivity contribution is 0.395. The summed E-state index contributed by atoms with van der Waals surface area (Å²) in [5.74, 6) is 1.54. The number of methoxy groups -OCH3 is 2. The number of hydrogen-bond acceptors (Lipinski definition) is 5.